The minimum absolute atomic E-state index is 0.163. The van der Waals surface area contributed by atoms with Crippen molar-refractivity contribution < 1.29 is 8.83 Å². The molecule has 5 nitrogen and oxygen atoms in total. The van der Waals surface area contributed by atoms with Gasteiger partial charge in [0.2, 0.25) is 0 Å². The van der Waals surface area contributed by atoms with E-state index in [9.17, 15) is 0 Å². The van der Waals surface area contributed by atoms with Crippen molar-refractivity contribution in [2.75, 3.05) is 0 Å². The lowest BCUT2D eigenvalue weighted by molar-refractivity contribution is 0.409. The van der Waals surface area contributed by atoms with Crippen LogP contribution < -0.4 is 10.6 Å². The van der Waals surface area contributed by atoms with E-state index in [0.29, 0.717) is 0 Å². The van der Waals surface area contributed by atoms with E-state index < -0.39 is 0 Å². The highest BCUT2D eigenvalue weighted by molar-refractivity contribution is 6.15. The first-order chi connectivity index (χ1) is 21.8. The monoisotopic (exact) mass is 569 g/mol. The molecule has 0 amide bonds. The predicted molar refractivity (Wildman–Crippen MR) is 178 cm³/mol. The fourth-order valence-corrected chi connectivity index (χ4v) is 6.45. The summed E-state index contributed by atoms with van der Waals surface area (Å²) in [5.41, 5.74) is 8.73. The quantitative estimate of drug-likeness (QED) is 0.222. The first-order valence-electron chi connectivity index (χ1n) is 14.9. The molecule has 0 spiro atoms. The number of benzene rings is 6. The van der Waals surface area contributed by atoms with E-state index in [1.807, 2.05) is 30.3 Å². The normalized spacial score (nSPS) is 16.9. The van der Waals surface area contributed by atoms with Gasteiger partial charge in [0, 0.05) is 27.1 Å². The van der Waals surface area contributed by atoms with Gasteiger partial charge in [-0.2, -0.15) is 0 Å². The number of fused-ring (bicyclic) bond motifs is 6. The van der Waals surface area contributed by atoms with Crippen LogP contribution in [0.25, 0.3) is 55.0 Å². The Kier molecular flexibility index (Phi) is 5.64. The van der Waals surface area contributed by atoms with Crippen LogP contribution in [0.3, 0.4) is 0 Å². The number of hydrogen-bond donors (Lipinski definition) is 2. The lowest BCUT2D eigenvalue weighted by Crippen LogP contribution is -2.45. The Morgan fingerprint density at radius 2 is 1.14 bits per heavy atom. The van der Waals surface area contributed by atoms with Crippen molar-refractivity contribution in [3.05, 3.63) is 156 Å². The van der Waals surface area contributed by atoms with Crippen LogP contribution in [0.5, 0.6) is 0 Å². The van der Waals surface area contributed by atoms with Crippen LogP contribution in [0.15, 0.2) is 153 Å². The third-order valence-corrected chi connectivity index (χ3v) is 8.58. The number of amidine groups is 1. The minimum Gasteiger partial charge on any atom is -0.455 e. The molecule has 210 valence electrons. The molecule has 8 aromatic rings. The van der Waals surface area contributed by atoms with Crippen molar-refractivity contribution in [1.82, 2.24) is 10.6 Å². The number of nitrogens with zero attached hydrogens (tertiary/aromatic N) is 1. The summed E-state index contributed by atoms with van der Waals surface area (Å²) in [5, 5.41) is 11.8. The summed E-state index contributed by atoms with van der Waals surface area (Å²) in [7, 11) is 0. The van der Waals surface area contributed by atoms with Crippen LogP contribution in [0.4, 0.5) is 0 Å². The van der Waals surface area contributed by atoms with Crippen molar-refractivity contribution in [2.45, 2.75) is 12.3 Å². The molecule has 2 unspecified atom stereocenters. The Balaban J connectivity index is 1.19. The number of hydrogen-bond acceptors (Lipinski definition) is 5. The molecule has 5 heteroatoms. The summed E-state index contributed by atoms with van der Waals surface area (Å²) < 4.78 is 13.0. The molecule has 2 N–H and O–H groups in total. The molecule has 3 heterocycles. The Morgan fingerprint density at radius 1 is 0.500 bits per heavy atom. The van der Waals surface area contributed by atoms with Crippen LogP contribution in [-0.4, -0.2) is 5.84 Å². The average molecular weight is 570 g/mol. The van der Waals surface area contributed by atoms with Gasteiger partial charge in [0.15, 0.2) is 0 Å². The van der Waals surface area contributed by atoms with E-state index >= 15 is 0 Å². The Labute approximate surface area is 253 Å². The molecule has 1 aliphatic heterocycles. The van der Waals surface area contributed by atoms with Gasteiger partial charge in [0.25, 0.3) is 0 Å². The molecule has 1 aliphatic rings. The van der Waals surface area contributed by atoms with Crippen LogP contribution in [0.1, 0.15) is 29.0 Å². The third-order valence-electron chi connectivity index (χ3n) is 8.58. The number of rotatable bonds is 4. The second-order valence-corrected chi connectivity index (χ2v) is 11.2. The summed E-state index contributed by atoms with van der Waals surface area (Å²) in [6.07, 6.45) is -0.480. The lowest BCUT2D eigenvalue weighted by Gasteiger charge is -2.32. The van der Waals surface area contributed by atoms with Gasteiger partial charge in [-0.15, -0.1) is 0 Å². The van der Waals surface area contributed by atoms with E-state index in [1.165, 1.54) is 0 Å². The highest BCUT2D eigenvalue weighted by Crippen LogP contribution is 2.38. The van der Waals surface area contributed by atoms with Gasteiger partial charge in [-0.3, -0.25) is 5.32 Å². The van der Waals surface area contributed by atoms with Crippen LogP contribution in [-0.2, 0) is 0 Å². The Morgan fingerprint density at radius 3 is 1.95 bits per heavy atom. The highest BCUT2D eigenvalue weighted by atomic mass is 16.3. The molecule has 9 rings (SSSR count). The molecule has 0 radical (unpaired) electrons. The summed E-state index contributed by atoms with van der Waals surface area (Å²) in [5.74, 6) is 0.781. The second kappa shape index (κ2) is 9.97. The predicted octanol–water partition coefficient (Wildman–Crippen LogP) is 9.49. The first kappa shape index (κ1) is 24.9. The van der Waals surface area contributed by atoms with Crippen LogP contribution >= 0.6 is 0 Å². The maximum Gasteiger partial charge on any atom is 0.146 e. The summed E-state index contributed by atoms with van der Waals surface area (Å²) in [4.78, 5) is 5.24. The molecular weight excluding hydrogens is 542 g/mol. The fourth-order valence-electron chi connectivity index (χ4n) is 6.45. The minimum atomic E-state index is -0.317. The summed E-state index contributed by atoms with van der Waals surface area (Å²) in [6.45, 7) is 0. The molecule has 2 aromatic heterocycles. The van der Waals surface area contributed by atoms with Gasteiger partial charge in [-0.25, -0.2) is 4.99 Å². The van der Waals surface area contributed by atoms with Crippen LogP contribution in [0.2, 0.25) is 0 Å². The summed E-state index contributed by atoms with van der Waals surface area (Å²) in [6, 6.07) is 48.0. The van der Waals surface area contributed by atoms with Gasteiger partial charge in [0.05, 0.1) is 5.56 Å². The van der Waals surface area contributed by atoms with E-state index in [2.05, 4.69) is 120 Å². The third kappa shape index (κ3) is 4.02. The first-order valence-corrected chi connectivity index (χ1v) is 14.9. The second-order valence-electron chi connectivity index (χ2n) is 11.2. The molecule has 0 fully saturated rings. The molecule has 6 aromatic carbocycles. The van der Waals surface area contributed by atoms with E-state index in [4.69, 9.17) is 13.8 Å². The van der Waals surface area contributed by atoms with Crippen molar-refractivity contribution >= 4 is 49.7 Å². The Bertz CT molecular complexity index is 2350. The number of para-hydroxylation sites is 3. The molecular formula is C39H27N3O2. The number of aliphatic imine (C=N–C) groups is 1. The standard InChI is InChI=1S/C39H27N3O2/c1-3-11-24(12-4-1)27-16-9-17-31-29-22-21-26(23-34(29)44-35(27)31)38-40-37(25-13-5-2-6-14-25)41-39(42-38)32-19-10-18-30-28-15-7-8-20-33(28)43-36(30)32/h1-23,37-38,40H,(H,41,42). The zero-order valence-electron chi connectivity index (χ0n) is 23.7. The molecule has 44 heavy (non-hydrogen) atoms. The molecule has 0 saturated heterocycles. The number of furan rings is 2. The SMILES string of the molecule is c1ccc(-c2cccc3c2oc2cc(C4N=C(c5cccc6c5oc5ccccc56)NC(c5ccccc5)N4)ccc23)cc1. The zero-order valence-corrected chi connectivity index (χ0v) is 23.7. The van der Waals surface area contributed by atoms with Gasteiger partial charge in [-0.1, -0.05) is 121 Å². The largest absolute Gasteiger partial charge is 0.455 e. The molecule has 0 bridgehead atoms. The maximum atomic E-state index is 6.58. The van der Waals surface area contributed by atoms with E-state index in [0.717, 1.165) is 77.5 Å². The Hall–Kier alpha value is -5.65. The van der Waals surface area contributed by atoms with Gasteiger partial charge in [0.1, 0.15) is 40.5 Å². The topological polar surface area (TPSA) is 62.7 Å². The van der Waals surface area contributed by atoms with Crippen molar-refractivity contribution in [3.63, 3.8) is 0 Å². The lowest BCUT2D eigenvalue weighted by atomic mass is 10.0. The van der Waals surface area contributed by atoms with Crippen molar-refractivity contribution in [3.8, 4) is 11.1 Å². The highest BCUT2D eigenvalue weighted by Gasteiger charge is 2.27. The van der Waals surface area contributed by atoms with Gasteiger partial charge in [-0.05, 0) is 34.9 Å². The smallest absolute Gasteiger partial charge is 0.146 e. The molecule has 0 saturated carbocycles. The van der Waals surface area contributed by atoms with Gasteiger partial charge >= 0.3 is 0 Å². The maximum absolute atomic E-state index is 6.58. The molecule has 0 aliphatic carbocycles. The summed E-state index contributed by atoms with van der Waals surface area (Å²) >= 11 is 0. The van der Waals surface area contributed by atoms with E-state index in [-0.39, 0.29) is 12.3 Å². The number of nitrogens with one attached hydrogen (secondary N) is 2. The van der Waals surface area contributed by atoms with Crippen LogP contribution in [0, 0.1) is 0 Å². The molecule has 2 atom stereocenters. The zero-order chi connectivity index (χ0) is 29.0. The van der Waals surface area contributed by atoms with E-state index in [1.54, 1.807) is 0 Å². The average Bonchev–Trinajstić information content (AvgIpc) is 3.67. The van der Waals surface area contributed by atoms with Crippen molar-refractivity contribution in [2.24, 2.45) is 4.99 Å². The van der Waals surface area contributed by atoms with Crippen molar-refractivity contribution in [1.29, 1.82) is 0 Å². The fraction of sp³-hybridized carbons (Fsp3) is 0.0513. The van der Waals surface area contributed by atoms with Gasteiger partial charge < -0.3 is 14.2 Å².